The van der Waals surface area contributed by atoms with Crippen LogP contribution in [0.3, 0.4) is 0 Å². The first-order valence-electron chi connectivity index (χ1n) is 13.0. The van der Waals surface area contributed by atoms with E-state index in [1.54, 1.807) is 21.6 Å². The van der Waals surface area contributed by atoms with E-state index in [1.165, 1.54) is 5.69 Å². The van der Waals surface area contributed by atoms with E-state index in [0.717, 1.165) is 56.0 Å². The first kappa shape index (κ1) is 24.3. The van der Waals surface area contributed by atoms with Gasteiger partial charge in [0.05, 0.1) is 17.8 Å². The lowest BCUT2D eigenvalue weighted by molar-refractivity contribution is 0.313. The molecule has 4 heterocycles. The van der Waals surface area contributed by atoms with Crippen LogP contribution in [0.25, 0.3) is 16.9 Å². The number of rotatable bonds is 6. The van der Waals surface area contributed by atoms with Gasteiger partial charge in [-0.1, -0.05) is 12.1 Å². The highest BCUT2D eigenvalue weighted by Gasteiger charge is 2.32. The minimum Gasteiger partial charge on any atom is -0.369 e. The zero-order chi connectivity index (χ0) is 26.4. The topological polar surface area (TPSA) is 110 Å². The van der Waals surface area contributed by atoms with Gasteiger partial charge in [0.25, 0.3) is 5.56 Å². The van der Waals surface area contributed by atoms with Gasteiger partial charge in [0.1, 0.15) is 5.39 Å². The fourth-order valence-electron chi connectivity index (χ4n) is 5.36. The number of nitrogens with two attached hydrogens (primary N) is 1. The number of likely N-dealkylation sites (N-methyl/N-ethyl adjacent to an activating group) is 1. The molecular weight excluding hydrogens is 478 g/mol. The van der Waals surface area contributed by atoms with Crippen molar-refractivity contribution in [3.8, 4) is 5.82 Å². The first-order chi connectivity index (χ1) is 18.3. The number of allylic oxidation sites excluding steroid dienone is 1. The van der Waals surface area contributed by atoms with Gasteiger partial charge in [0.15, 0.2) is 11.5 Å². The number of nitrogens with one attached hydrogen (secondary N) is 1. The standard InChI is InChI=1S/C28H33N9O/c1-4-13-36-26(38)22-18-30-27(31-20-6-8-21(9-7-20)35-16-14-34(3)15-17-35)33-25(22)37(36)23-10-5-19-11-12-28(2,29)24(19)32-23/h4-10,18H,1,11-17,29H2,2-3H3,(H,30,31,33). The largest absolute Gasteiger partial charge is 0.369 e. The lowest BCUT2D eigenvalue weighted by Crippen LogP contribution is -2.44. The number of aromatic nitrogens is 5. The van der Waals surface area contributed by atoms with Crippen molar-refractivity contribution in [2.45, 2.75) is 31.8 Å². The summed E-state index contributed by atoms with van der Waals surface area (Å²) in [5, 5.41) is 3.71. The summed E-state index contributed by atoms with van der Waals surface area (Å²) in [6.45, 7) is 10.3. The van der Waals surface area contributed by atoms with Gasteiger partial charge in [0, 0.05) is 43.8 Å². The molecule has 1 aliphatic heterocycles. The van der Waals surface area contributed by atoms with E-state index in [-0.39, 0.29) is 5.56 Å². The molecule has 1 aliphatic carbocycles. The Kier molecular flexibility index (Phi) is 6.00. The van der Waals surface area contributed by atoms with Crippen LogP contribution in [0.5, 0.6) is 0 Å². The Hall–Kier alpha value is -4.02. The van der Waals surface area contributed by atoms with Crippen molar-refractivity contribution in [3.05, 3.63) is 76.9 Å². The predicted molar refractivity (Wildman–Crippen MR) is 150 cm³/mol. The molecule has 6 rings (SSSR count). The third-order valence-corrected chi connectivity index (χ3v) is 7.61. The van der Waals surface area contributed by atoms with Crippen molar-refractivity contribution in [1.29, 1.82) is 0 Å². The second-order valence-electron chi connectivity index (χ2n) is 10.5. The minimum atomic E-state index is -0.504. The Bertz CT molecular complexity index is 1560. The highest BCUT2D eigenvalue weighted by Crippen LogP contribution is 2.33. The SMILES string of the molecule is C=CCn1c(=O)c2cnc(Nc3ccc(N4CCN(C)CC4)cc3)nc2n1-c1ccc2c(n1)C(C)(N)CC2. The molecule has 10 heteroatoms. The Morgan fingerprint density at radius 3 is 2.61 bits per heavy atom. The van der Waals surface area contributed by atoms with Crippen molar-refractivity contribution in [1.82, 2.24) is 29.2 Å². The third-order valence-electron chi connectivity index (χ3n) is 7.61. The van der Waals surface area contributed by atoms with E-state index in [0.29, 0.717) is 29.3 Å². The van der Waals surface area contributed by atoms with E-state index in [4.69, 9.17) is 15.7 Å². The number of hydrogen-bond acceptors (Lipinski definition) is 8. The summed E-state index contributed by atoms with van der Waals surface area (Å²) in [6.07, 6.45) is 4.99. The fraction of sp³-hybridized carbons (Fsp3) is 0.357. The van der Waals surface area contributed by atoms with Crippen LogP contribution in [0, 0.1) is 0 Å². The molecule has 0 spiro atoms. The molecule has 1 aromatic carbocycles. The maximum absolute atomic E-state index is 13.3. The van der Waals surface area contributed by atoms with Crippen LogP contribution in [0.1, 0.15) is 24.6 Å². The second kappa shape index (κ2) is 9.38. The summed E-state index contributed by atoms with van der Waals surface area (Å²) in [5.41, 5.74) is 10.4. The maximum Gasteiger partial charge on any atom is 0.278 e. The zero-order valence-electron chi connectivity index (χ0n) is 21.9. The minimum absolute atomic E-state index is 0.194. The van der Waals surface area contributed by atoms with Gasteiger partial charge < -0.3 is 20.9 Å². The molecule has 1 saturated heterocycles. The highest BCUT2D eigenvalue weighted by atomic mass is 16.1. The molecule has 1 unspecified atom stereocenters. The van der Waals surface area contributed by atoms with Gasteiger partial charge in [-0.3, -0.25) is 4.79 Å². The Labute approximate surface area is 221 Å². The maximum atomic E-state index is 13.3. The van der Waals surface area contributed by atoms with Crippen LogP contribution in [0.15, 0.2) is 60.0 Å². The van der Waals surface area contributed by atoms with E-state index < -0.39 is 5.54 Å². The van der Waals surface area contributed by atoms with E-state index in [2.05, 4.69) is 45.9 Å². The predicted octanol–water partition coefficient (Wildman–Crippen LogP) is 2.78. The molecular formula is C28H33N9O. The average Bonchev–Trinajstić information content (AvgIpc) is 3.37. The molecule has 0 amide bonds. The van der Waals surface area contributed by atoms with Gasteiger partial charge in [0.2, 0.25) is 5.95 Å². The summed E-state index contributed by atoms with van der Waals surface area (Å²) in [6, 6.07) is 12.3. The molecule has 1 atom stereocenters. The summed E-state index contributed by atoms with van der Waals surface area (Å²) < 4.78 is 3.33. The van der Waals surface area contributed by atoms with Gasteiger partial charge in [-0.25, -0.2) is 19.3 Å². The van der Waals surface area contributed by atoms with E-state index in [9.17, 15) is 4.79 Å². The lowest BCUT2D eigenvalue weighted by Gasteiger charge is -2.34. The van der Waals surface area contributed by atoms with Gasteiger partial charge >= 0.3 is 0 Å². The number of benzene rings is 1. The summed E-state index contributed by atoms with van der Waals surface area (Å²) in [7, 11) is 2.15. The monoisotopic (exact) mass is 511 g/mol. The smallest absolute Gasteiger partial charge is 0.278 e. The lowest BCUT2D eigenvalue weighted by atomic mass is 10.0. The van der Waals surface area contributed by atoms with Crippen molar-refractivity contribution in [3.63, 3.8) is 0 Å². The second-order valence-corrected chi connectivity index (χ2v) is 10.5. The Morgan fingerprint density at radius 1 is 1.11 bits per heavy atom. The number of fused-ring (bicyclic) bond motifs is 2. The Morgan fingerprint density at radius 2 is 1.87 bits per heavy atom. The number of pyridine rings is 1. The molecule has 3 aromatic heterocycles. The molecule has 196 valence electrons. The van der Waals surface area contributed by atoms with Crippen molar-refractivity contribution >= 4 is 28.4 Å². The van der Waals surface area contributed by atoms with Crippen LogP contribution in [0.4, 0.5) is 17.3 Å². The zero-order valence-corrected chi connectivity index (χ0v) is 21.9. The van der Waals surface area contributed by atoms with Crippen LogP contribution < -0.4 is 21.5 Å². The molecule has 2 aliphatic rings. The molecule has 1 fully saturated rings. The highest BCUT2D eigenvalue weighted by molar-refractivity contribution is 5.77. The van der Waals surface area contributed by atoms with Gasteiger partial charge in [-0.2, -0.15) is 4.98 Å². The number of nitrogens with zero attached hydrogens (tertiary/aromatic N) is 7. The van der Waals surface area contributed by atoms with Crippen molar-refractivity contribution < 1.29 is 0 Å². The van der Waals surface area contributed by atoms with E-state index >= 15 is 0 Å². The fourth-order valence-corrected chi connectivity index (χ4v) is 5.36. The average molecular weight is 512 g/mol. The van der Waals surface area contributed by atoms with Crippen LogP contribution >= 0.6 is 0 Å². The molecule has 4 aromatic rings. The van der Waals surface area contributed by atoms with Crippen LogP contribution in [-0.2, 0) is 18.5 Å². The van der Waals surface area contributed by atoms with Gasteiger partial charge in [-0.15, -0.1) is 6.58 Å². The molecule has 0 radical (unpaired) electrons. The molecule has 0 saturated carbocycles. The summed E-state index contributed by atoms with van der Waals surface area (Å²) in [5.74, 6) is 0.997. The van der Waals surface area contributed by atoms with Crippen LogP contribution in [0.2, 0.25) is 0 Å². The van der Waals surface area contributed by atoms with Gasteiger partial charge in [-0.05, 0) is 62.7 Å². The van der Waals surface area contributed by atoms with E-state index in [1.807, 2.05) is 31.2 Å². The normalized spacial score (nSPS) is 19.6. The number of aryl methyl sites for hydroxylation is 1. The molecule has 38 heavy (non-hydrogen) atoms. The van der Waals surface area contributed by atoms with Crippen molar-refractivity contribution in [2.24, 2.45) is 5.73 Å². The third kappa shape index (κ3) is 4.25. The Balaban J connectivity index is 1.36. The number of anilines is 3. The first-order valence-corrected chi connectivity index (χ1v) is 13.0. The molecule has 3 N–H and O–H groups in total. The number of piperazine rings is 1. The summed E-state index contributed by atoms with van der Waals surface area (Å²) >= 11 is 0. The van der Waals surface area contributed by atoms with Crippen LogP contribution in [-0.4, -0.2) is 62.4 Å². The quantitative estimate of drug-likeness (QED) is 0.380. The molecule has 10 nitrogen and oxygen atoms in total. The molecule has 0 bridgehead atoms. The number of hydrogen-bond donors (Lipinski definition) is 2. The van der Waals surface area contributed by atoms with Crippen molar-refractivity contribution in [2.75, 3.05) is 43.4 Å². The summed E-state index contributed by atoms with van der Waals surface area (Å²) in [4.78, 5) is 32.1.